The molecule has 0 spiro atoms. The van der Waals surface area contributed by atoms with Crippen LogP contribution in [0.15, 0.2) is 48.5 Å². The molecule has 11 nitrogen and oxygen atoms in total. The number of carbonyl (C=O) groups is 5. The summed E-state index contributed by atoms with van der Waals surface area (Å²) in [6.45, 7) is 4.93. The van der Waals surface area contributed by atoms with Gasteiger partial charge in [-0.25, -0.2) is 4.79 Å². The minimum atomic E-state index is -1.83. The molecule has 3 atom stereocenters. The van der Waals surface area contributed by atoms with Crippen LogP contribution in [0.1, 0.15) is 57.1 Å². The number of carboxylic acids is 2. The van der Waals surface area contributed by atoms with E-state index in [4.69, 9.17) is 20.3 Å². The second kappa shape index (κ2) is 12.7. The predicted octanol–water partition coefficient (Wildman–Crippen LogP) is 3.09. The minimum Gasteiger partial charge on any atom is -0.481 e. The van der Waals surface area contributed by atoms with E-state index in [1.54, 1.807) is 20.8 Å². The van der Waals surface area contributed by atoms with E-state index in [-0.39, 0.29) is 25.4 Å². The van der Waals surface area contributed by atoms with Crippen molar-refractivity contribution in [2.45, 2.75) is 63.6 Å². The van der Waals surface area contributed by atoms with Crippen LogP contribution in [0, 0.1) is 5.92 Å². The van der Waals surface area contributed by atoms with Gasteiger partial charge in [0.2, 0.25) is 0 Å². The zero-order chi connectivity index (χ0) is 29.6. The van der Waals surface area contributed by atoms with Gasteiger partial charge in [0.25, 0.3) is 0 Å². The second-order valence-electron chi connectivity index (χ2n) is 10.6. The molecule has 2 unspecified atom stereocenters. The Labute approximate surface area is 231 Å². The number of hydrogen-bond donors (Lipinski definition) is 4. The number of Topliss-reactive ketones (excluding diaryl/α,β-unsaturated/α-hetero) is 1. The van der Waals surface area contributed by atoms with Crippen molar-refractivity contribution in [1.29, 1.82) is 0 Å². The number of rotatable bonds is 12. The van der Waals surface area contributed by atoms with Gasteiger partial charge in [0.1, 0.15) is 24.2 Å². The molecule has 40 heavy (non-hydrogen) atoms. The Hall–Kier alpha value is -4.25. The van der Waals surface area contributed by atoms with Crippen molar-refractivity contribution >= 4 is 29.8 Å². The van der Waals surface area contributed by atoms with Crippen LogP contribution in [0.4, 0.5) is 4.79 Å². The summed E-state index contributed by atoms with van der Waals surface area (Å²) < 4.78 is 10.7. The van der Waals surface area contributed by atoms with Gasteiger partial charge in [-0.05, 0) is 55.9 Å². The average Bonchev–Trinajstić information content (AvgIpc) is 3.20. The van der Waals surface area contributed by atoms with Gasteiger partial charge in [-0.3, -0.25) is 19.2 Å². The Bertz CT molecular complexity index is 1240. The molecule has 2 aromatic rings. The molecule has 1 aliphatic rings. The first-order valence-corrected chi connectivity index (χ1v) is 12.9. The molecule has 0 bridgehead atoms. The van der Waals surface area contributed by atoms with Crippen molar-refractivity contribution in [3.05, 3.63) is 59.7 Å². The molecule has 0 radical (unpaired) electrons. The number of ether oxygens (including phenoxy) is 2. The zero-order valence-electron chi connectivity index (χ0n) is 22.6. The molecule has 1 amide bonds. The number of amides is 1. The average molecular weight is 555 g/mol. The number of benzene rings is 2. The number of aliphatic carboxylic acids is 2. The predicted molar refractivity (Wildman–Crippen MR) is 143 cm³/mol. The molecule has 0 fully saturated rings. The molecule has 5 N–H and O–H groups in total. The summed E-state index contributed by atoms with van der Waals surface area (Å²) in [5.74, 6) is -6.82. The number of nitrogens with two attached hydrogens (primary N) is 1. The number of fused-ring (bicyclic) bond motifs is 3. The highest BCUT2D eigenvalue weighted by atomic mass is 16.6. The third-order valence-electron chi connectivity index (χ3n) is 6.48. The van der Waals surface area contributed by atoms with Crippen LogP contribution in [0.25, 0.3) is 11.1 Å². The summed E-state index contributed by atoms with van der Waals surface area (Å²) in [7, 11) is 0. The topological polar surface area (TPSA) is 182 Å². The number of alkyl carbamates (subject to hydrolysis) is 1. The molecule has 1 aliphatic carbocycles. The molecular weight excluding hydrogens is 520 g/mol. The van der Waals surface area contributed by atoms with Gasteiger partial charge in [0.05, 0.1) is 6.04 Å². The van der Waals surface area contributed by atoms with Gasteiger partial charge >= 0.3 is 24.0 Å². The maximum Gasteiger partial charge on any atom is 0.407 e. The summed E-state index contributed by atoms with van der Waals surface area (Å²) in [5, 5.41) is 21.1. The molecule has 2 aromatic carbocycles. The number of esters is 1. The van der Waals surface area contributed by atoms with Gasteiger partial charge in [0.15, 0.2) is 5.78 Å². The quantitative estimate of drug-likeness (QED) is 0.225. The van der Waals surface area contributed by atoms with E-state index < -0.39 is 59.8 Å². The molecule has 0 saturated heterocycles. The van der Waals surface area contributed by atoms with Gasteiger partial charge in [-0.15, -0.1) is 0 Å². The molecule has 0 saturated carbocycles. The van der Waals surface area contributed by atoms with Crippen molar-refractivity contribution in [2.75, 3.05) is 6.61 Å². The Morgan fingerprint density at radius 3 is 1.98 bits per heavy atom. The summed E-state index contributed by atoms with van der Waals surface area (Å²) >= 11 is 0. The standard InChI is InChI=1S/C29H34N2O9/c1-29(2,3)40-24(32)13-12-23(25(33)20(26(34)35)14-22(30)27(36)37)31-28(38)39-15-21-18-10-6-4-8-16(18)17-9-5-7-11-19(17)21/h4-11,20-23H,12-15,30H2,1-3H3,(H,31,38)(H,34,35)(H,36,37)/t20?,22-,23?/m1/s1. The van der Waals surface area contributed by atoms with Crippen LogP contribution in [-0.2, 0) is 28.7 Å². The van der Waals surface area contributed by atoms with Crippen molar-refractivity contribution < 1.29 is 43.7 Å². The lowest BCUT2D eigenvalue weighted by Crippen LogP contribution is -2.48. The van der Waals surface area contributed by atoms with E-state index in [1.807, 2.05) is 48.5 Å². The number of ketones is 1. The molecule has 11 heteroatoms. The van der Waals surface area contributed by atoms with Crippen LogP contribution in [0.2, 0.25) is 0 Å². The number of hydrogen-bond acceptors (Lipinski definition) is 8. The van der Waals surface area contributed by atoms with Gasteiger partial charge < -0.3 is 30.7 Å². The van der Waals surface area contributed by atoms with Crippen molar-refractivity contribution in [3.8, 4) is 11.1 Å². The van der Waals surface area contributed by atoms with E-state index in [1.165, 1.54) is 0 Å². The van der Waals surface area contributed by atoms with E-state index in [0.29, 0.717) is 0 Å². The monoisotopic (exact) mass is 554 g/mol. The number of nitrogens with one attached hydrogen (secondary N) is 1. The maximum absolute atomic E-state index is 13.2. The molecule has 214 valence electrons. The largest absolute Gasteiger partial charge is 0.481 e. The SMILES string of the molecule is CC(C)(C)OC(=O)CCC(NC(=O)OCC1c2ccccc2-c2ccccc21)C(=O)C(C[C@@H](N)C(=O)O)C(=O)O. The van der Waals surface area contributed by atoms with E-state index in [9.17, 15) is 29.1 Å². The molecule has 0 aromatic heterocycles. The number of carbonyl (C=O) groups excluding carboxylic acids is 3. The summed E-state index contributed by atoms with van der Waals surface area (Å²) in [5.41, 5.74) is 8.68. The van der Waals surface area contributed by atoms with Crippen LogP contribution in [0.3, 0.4) is 0 Å². The third kappa shape index (κ3) is 7.66. The summed E-state index contributed by atoms with van der Waals surface area (Å²) in [4.78, 5) is 61.4. The van der Waals surface area contributed by atoms with Crippen LogP contribution in [-0.4, -0.2) is 64.3 Å². The lowest BCUT2D eigenvalue weighted by molar-refractivity contribution is -0.155. The lowest BCUT2D eigenvalue weighted by atomic mass is 9.90. The first kappa shape index (κ1) is 30.3. The fourth-order valence-electron chi connectivity index (χ4n) is 4.66. The van der Waals surface area contributed by atoms with Crippen molar-refractivity contribution in [2.24, 2.45) is 11.7 Å². The molecule has 3 rings (SSSR count). The van der Waals surface area contributed by atoms with Gasteiger partial charge in [-0.2, -0.15) is 0 Å². The Balaban J connectivity index is 1.75. The van der Waals surface area contributed by atoms with Crippen molar-refractivity contribution in [1.82, 2.24) is 5.32 Å². The third-order valence-corrected chi connectivity index (χ3v) is 6.48. The normalized spacial score (nSPS) is 14.7. The zero-order valence-corrected chi connectivity index (χ0v) is 22.6. The van der Waals surface area contributed by atoms with E-state index in [0.717, 1.165) is 22.3 Å². The van der Waals surface area contributed by atoms with Crippen LogP contribution in [0.5, 0.6) is 0 Å². The van der Waals surface area contributed by atoms with Gasteiger partial charge in [0, 0.05) is 12.3 Å². The maximum atomic E-state index is 13.2. The van der Waals surface area contributed by atoms with Crippen molar-refractivity contribution in [3.63, 3.8) is 0 Å². The van der Waals surface area contributed by atoms with E-state index >= 15 is 0 Å². The summed E-state index contributed by atoms with van der Waals surface area (Å²) in [6.07, 6.45) is -2.28. The van der Waals surface area contributed by atoms with Crippen LogP contribution < -0.4 is 11.1 Å². The first-order chi connectivity index (χ1) is 18.8. The highest BCUT2D eigenvalue weighted by molar-refractivity contribution is 6.02. The Morgan fingerprint density at radius 2 is 1.48 bits per heavy atom. The van der Waals surface area contributed by atoms with Gasteiger partial charge in [-0.1, -0.05) is 48.5 Å². The number of carboxylic acid groups (broad SMARTS) is 2. The molecular formula is C29H34N2O9. The van der Waals surface area contributed by atoms with Crippen LogP contribution >= 0.6 is 0 Å². The first-order valence-electron chi connectivity index (χ1n) is 12.9. The molecule has 0 aliphatic heterocycles. The fraction of sp³-hybridized carbons (Fsp3) is 0.414. The van der Waals surface area contributed by atoms with E-state index in [2.05, 4.69) is 5.32 Å². The highest BCUT2D eigenvalue weighted by Gasteiger charge is 2.37. The smallest absolute Gasteiger partial charge is 0.407 e. The Morgan fingerprint density at radius 1 is 0.925 bits per heavy atom. The highest BCUT2D eigenvalue weighted by Crippen LogP contribution is 2.44. The lowest BCUT2D eigenvalue weighted by Gasteiger charge is -2.24. The Kier molecular flexibility index (Phi) is 9.65. The fourth-order valence-corrected chi connectivity index (χ4v) is 4.66. The molecule has 0 heterocycles. The summed E-state index contributed by atoms with van der Waals surface area (Å²) in [6, 6.07) is 12.4. The minimum absolute atomic E-state index is 0.0565. The second-order valence-corrected chi connectivity index (χ2v) is 10.6.